The predicted octanol–water partition coefficient (Wildman–Crippen LogP) is 0.800. The van der Waals surface area contributed by atoms with Crippen LogP contribution in [-0.2, 0) is 0 Å². The molecule has 0 aromatic carbocycles. The second-order valence-electron chi connectivity index (χ2n) is 0.703. The molecule has 0 aliphatic carbocycles. The lowest BCUT2D eigenvalue weighted by Crippen LogP contribution is -1.49. The van der Waals surface area contributed by atoms with Gasteiger partial charge in [-0.15, -0.1) is 11.8 Å². The summed E-state index contributed by atoms with van der Waals surface area (Å²) in [5.74, 6) is 3.72. The zero-order valence-corrected chi connectivity index (χ0v) is 3.46. The van der Waals surface area contributed by atoms with Crippen molar-refractivity contribution in [2.45, 2.75) is 0 Å². The lowest BCUT2D eigenvalue weighted by atomic mass is 10.9. The van der Waals surface area contributed by atoms with E-state index in [2.05, 4.69) is 10.7 Å². The van der Waals surface area contributed by atoms with Gasteiger partial charge < -0.3 is 0 Å². The minimum Gasteiger partial charge on any atom is -0.285 e. The molecule has 0 aromatic heterocycles. The van der Waals surface area contributed by atoms with E-state index in [1.807, 2.05) is 0 Å². The van der Waals surface area contributed by atoms with E-state index in [4.69, 9.17) is 0 Å². The van der Waals surface area contributed by atoms with Crippen molar-refractivity contribution in [1.29, 1.82) is 0 Å². The molecule has 1 aliphatic heterocycles. The Morgan fingerprint density at radius 1 is 2.00 bits per heavy atom. The first kappa shape index (κ1) is 3.22. The van der Waals surface area contributed by atoms with Gasteiger partial charge in [-0.3, -0.25) is 4.99 Å². The van der Waals surface area contributed by atoms with Crippen LogP contribution in [0.2, 0.25) is 0 Å². The van der Waals surface area contributed by atoms with Crippen molar-refractivity contribution in [2.75, 3.05) is 5.88 Å². The summed E-state index contributed by atoms with van der Waals surface area (Å²) < 4.78 is 0. The third kappa shape index (κ3) is 0.651. The average Bonchev–Trinajstić information content (AvgIpc) is 1.76. The highest BCUT2D eigenvalue weighted by atomic mass is 32.2. The molecule has 1 rings (SSSR count). The molecule has 0 amide bonds. The van der Waals surface area contributed by atoms with Crippen LogP contribution in [0.1, 0.15) is 0 Å². The first-order valence-corrected chi connectivity index (χ1v) is 2.34. The Morgan fingerprint density at radius 2 is 3.00 bits per heavy atom. The molecule has 1 aliphatic rings. The molecule has 26 valence electrons. The summed E-state index contributed by atoms with van der Waals surface area (Å²) >= 11 is 1.60. The molecule has 0 bridgehead atoms. The molecule has 0 N–H and O–H groups in total. The molecule has 0 saturated carbocycles. The van der Waals surface area contributed by atoms with Gasteiger partial charge in [0.15, 0.2) is 0 Å². The van der Waals surface area contributed by atoms with Crippen molar-refractivity contribution in [3.8, 4) is 0 Å². The Bertz CT molecular complexity index is 44.9. The van der Waals surface area contributed by atoms with Crippen LogP contribution in [0.4, 0.5) is 0 Å². The minimum atomic E-state index is 0.875. The van der Waals surface area contributed by atoms with Crippen LogP contribution < -0.4 is 0 Å². The van der Waals surface area contributed by atoms with Gasteiger partial charge in [0.2, 0.25) is 0 Å². The van der Waals surface area contributed by atoms with Gasteiger partial charge >= 0.3 is 0 Å². The normalized spacial score (nSPS) is 20.8. The fourth-order valence-corrected chi connectivity index (χ4v) is 0.559. The molecule has 1 heterocycles. The van der Waals surface area contributed by atoms with E-state index >= 15 is 0 Å². The molecule has 2 heteroatoms. The number of aliphatic imine (C=N–C) groups is 1. The second kappa shape index (κ2) is 1.45. The van der Waals surface area contributed by atoms with E-state index in [0.717, 1.165) is 5.88 Å². The third-order valence-corrected chi connectivity index (χ3v) is 0.917. The number of nitrogens with zero attached hydrogens (tertiary/aromatic N) is 1. The van der Waals surface area contributed by atoms with E-state index in [0.29, 0.717) is 0 Å². The highest BCUT2D eigenvalue weighted by molar-refractivity contribution is 8.02. The lowest BCUT2D eigenvalue weighted by molar-refractivity contribution is 1.43. The van der Waals surface area contributed by atoms with E-state index in [1.54, 1.807) is 18.0 Å². The van der Waals surface area contributed by atoms with Gasteiger partial charge in [0.25, 0.3) is 0 Å². The van der Waals surface area contributed by atoms with Crippen LogP contribution in [0, 0.1) is 5.75 Å². The first-order chi connectivity index (χ1) is 2.50. The van der Waals surface area contributed by atoms with Gasteiger partial charge in [-0.1, -0.05) is 0 Å². The predicted molar refractivity (Wildman–Crippen MR) is 24.2 cm³/mol. The van der Waals surface area contributed by atoms with Gasteiger partial charge in [-0.05, 0) is 0 Å². The Kier molecular flexibility index (Phi) is 0.937. The first-order valence-electron chi connectivity index (χ1n) is 1.36. The van der Waals surface area contributed by atoms with Crippen LogP contribution in [0.15, 0.2) is 4.99 Å². The zero-order valence-electron chi connectivity index (χ0n) is 2.64. The van der Waals surface area contributed by atoms with E-state index < -0.39 is 0 Å². The van der Waals surface area contributed by atoms with Gasteiger partial charge in [0, 0.05) is 6.21 Å². The number of hydrogen-bond donors (Lipinski definition) is 0. The van der Waals surface area contributed by atoms with Gasteiger partial charge in [-0.25, -0.2) is 0 Å². The maximum atomic E-state index is 3.81. The second-order valence-corrected chi connectivity index (χ2v) is 1.49. The maximum Gasteiger partial charge on any atom is 0.0954 e. The summed E-state index contributed by atoms with van der Waals surface area (Å²) in [6.07, 6.45) is 1.70. The summed E-state index contributed by atoms with van der Waals surface area (Å²) in [6.45, 7) is 0. The minimum absolute atomic E-state index is 0.875. The third-order valence-electron chi connectivity index (χ3n) is 0.366. The smallest absolute Gasteiger partial charge is 0.0954 e. The van der Waals surface area contributed by atoms with E-state index in [1.165, 1.54) is 0 Å². The molecule has 0 atom stereocenters. The van der Waals surface area contributed by atoms with Gasteiger partial charge in [0.05, 0.1) is 11.6 Å². The van der Waals surface area contributed by atoms with Crippen LogP contribution in [0.25, 0.3) is 0 Å². The molecule has 0 saturated heterocycles. The molecular formula is C3H3NS. The Labute approximate surface area is 35.5 Å². The van der Waals surface area contributed by atoms with Crippen molar-refractivity contribution in [2.24, 2.45) is 4.99 Å². The van der Waals surface area contributed by atoms with Gasteiger partial charge in [0.1, 0.15) is 0 Å². The summed E-state index contributed by atoms with van der Waals surface area (Å²) in [5.41, 5.74) is 0. The number of hydrogen-bond acceptors (Lipinski definition) is 2. The standard InChI is InChI=1S/C3H3NS/c1-2-5-3-4-1/h1H,3H2. The Balaban J connectivity index is 2.32. The van der Waals surface area contributed by atoms with Gasteiger partial charge in [-0.2, -0.15) is 0 Å². The van der Waals surface area contributed by atoms with Crippen molar-refractivity contribution in [1.82, 2.24) is 0 Å². The quantitative estimate of drug-likeness (QED) is 0.424. The van der Waals surface area contributed by atoms with Crippen LogP contribution in [-0.4, -0.2) is 12.1 Å². The number of thioether (sulfide) groups is 1. The van der Waals surface area contributed by atoms with Crippen molar-refractivity contribution in [3.63, 3.8) is 0 Å². The summed E-state index contributed by atoms with van der Waals surface area (Å²) in [4.78, 5) is 3.81. The summed E-state index contributed by atoms with van der Waals surface area (Å²) in [5, 5.41) is 0. The fraction of sp³-hybridized carbons (Fsp3) is 0.333. The molecule has 5 heavy (non-hydrogen) atoms. The van der Waals surface area contributed by atoms with Crippen molar-refractivity contribution >= 4 is 18.0 Å². The summed E-state index contributed by atoms with van der Waals surface area (Å²) in [7, 11) is 0. The monoisotopic (exact) mass is 85.0 g/mol. The number of rotatable bonds is 0. The highest BCUT2D eigenvalue weighted by Gasteiger charge is 1.87. The molecule has 2 radical (unpaired) electrons. The molecule has 1 nitrogen and oxygen atoms in total. The molecule has 0 spiro atoms. The highest BCUT2D eigenvalue weighted by Crippen LogP contribution is 2.07. The Hall–Kier alpha value is 0.0200. The van der Waals surface area contributed by atoms with Crippen LogP contribution in [0.3, 0.4) is 0 Å². The SMILES string of the molecule is [C]1C=NCS1. The largest absolute Gasteiger partial charge is 0.285 e. The van der Waals surface area contributed by atoms with Crippen molar-refractivity contribution in [3.05, 3.63) is 5.75 Å². The molecular weight excluding hydrogens is 82.1 g/mol. The maximum absolute atomic E-state index is 3.81. The lowest BCUT2D eigenvalue weighted by Gasteiger charge is -1.67. The van der Waals surface area contributed by atoms with Crippen LogP contribution in [0.5, 0.6) is 0 Å². The van der Waals surface area contributed by atoms with E-state index in [9.17, 15) is 0 Å². The topological polar surface area (TPSA) is 12.4 Å². The fourth-order valence-electron chi connectivity index (χ4n) is 0.186. The van der Waals surface area contributed by atoms with Crippen molar-refractivity contribution < 1.29 is 0 Å². The zero-order chi connectivity index (χ0) is 3.54. The van der Waals surface area contributed by atoms with Crippen LogP contribution >= 0.6 is 11.8 Å². The Morgan fingerprint density at radius 3 is 3.20 bits per heavy atom. The van der Waals surface area contributed by atoms with E-state index in [-0.39, 0.29) is 0 Å². The molecule has 0 fully saturated rings. The summed E-state index contributed by atoms with van der Waals surface area (Å²) in [6, 6.07) is 0. The average molecular weight is 85.1 g/mol. The molecule has 0 aromatic rings. The molecule has 0 unspecified atom stereocenters.